The molecule has 1 heterocycles. The molecule has 0 bridgehead atoms. The Morgan fingerprint density at radius 3 is 2.56 bits per heavy atom. The van der Waals surface area contributed by atoms with Crippen LogP contribution in [0.15, 0.2) is 24.3 Å². The number of hydrogen-bond acceptors (Lipinski definition) is 3. The number of nitrogens with one attached hydrogen (secondary N) is 2. The molecule has 0 aromatic heterocycles. The molecule has 27 heavy (non-hydrogen) atoms. The van der Waals surface area contributed by atoms with Crippen LogP contribution < -0.4 is 10.2 Å². The molecule has 1 saturated heterocycles. The van der Waals surface area contributed by atoms with Crippen molar-refractivity contribution in [3.63, 3.8) is 0 Å². The summed E-state index contributed by atoms with van der Waals surface area (Å²) in [4.78, 5) is 27.1. The second-order valence-electron chi connectivity index (χ2n) is 7.41. The van der Waals surface area contributed by atoms with Gasteiger partial charge in [0.25, 0.3) is 5.91 Å². The van der Waals surface area contributed by atoms with Crippen molar-refractivity contribution >= 4 is 12.0 Å². The van der Waals surface area contributed by atoms with Crippen molar-refractivity contribution in [2.45, 2.75) is 51.2 Å². The lowest BCUT2D eigenvalue weighted by Crippen LogP contribution is -3.13. The number of carbonyl (C=O) groups is 2. The van der Waals surface area contributed by atoms with Gasteiger partial charge in [-0.2, -0.15) is 0 Å². The van der Waals surface area contributed by atoms with Gasteiger partial charge >= 0.3 is 6.09 Å². The normalized spacial score (nSPS) is 18.8. The molecule has 2 aliphatic rings. The smallest absolute Gasteiger partial charge is 0.409 e. The summed E-state index contributed by atoms with van der Waals surface area (Å²) in [6.07, 6.45) is 3.37. The van der Waals surface area contributed by atoms with Crippen LogP contribution in [-0.2, 0) is 16.1 Å². The Bertz CT molecular complexity index is 658. The molecule has 6 nitrogen and oxygen atoms in total. The Hall–Kier alpha value is -2.15. The van der Waals surface area contributed by atoms with Crippen LogP contribution in [0.3, 0.4) is 0 Å². The summed E-state index contributed by atoms with van der Waals surface area (Å²) < 4.78 is 19.0. The van der Waals surface area contributed by atoms with E-state index < -0.39 is 0 Å². The molecule has 0 radical (unpaired) electrons. The molecule has 2 fully saturated rings. The highest BCUT2D eigenvalue weighted by molar-refractivity contribution is 5.77. The molecule has 1 aromatic carbocycles. The lowest BCUT2D eigenvalue weighted by atomic mass is 10.1. The summed E-state index contributed by atoms with van der Waals surface area (Å²) in [5.74, 6) is -0.204. The van der Waals surface area contributed by atoms with Crippen LogP contribution in [0.2, 0.25) is 0 Å². The van der Waals surface area contributed by atoms with Gasteiger partial charge in [0.1, 0.15) is 12.4 Å². The first kappa shape index (κ1) is 19.6. The van der Waals surface area contributed by atoms with E-state index in [2.05, 4.69) is 5.32 Å². The number of halogens is 1. The highest BCUT2D eigenvalue weighted by Crippen LogP contribution is 2.16. The van der Waals surface area contributed by atoms with E-state index in [9.17, 15) is 14.0 Å². The molecular weight excluding hydrogens is 349 g/mol. The van der Waals surface area contributed by atoms with Gasteiger partial charge in [-0.1, -0.05) is 18.2 Å². The zero-order valence-electron chi connectivity index (χ0n) is 15.9. The van der Waals surface area contributed by atoms with Gasteiger partial charge in [0.05, 0.1) is 12.6 Å². The van der Waals surface area contributed by atoms with Crippen LogP contribution in [0.1, 0.15) is 38.2 Å². The van der Waals surface area contributed by atoms with Crippen LogP contribution in [0.5, 0.6) is 0 Å². The number of rotatable bonds is 7. The number of piperidine rings is 1. The third-order valence-corrected chi connectivity index (χ3v) is 5.30. The van der Waals surface area contributed by atoms with Gasteiger partial charge in [-0.3, -0.25) is 4.79 Å². The Morgan fingerprint density at radius 2 is 1.93 bits per heavy atom. The average Bonchev–Trinajstić information content (AvgIpc) is 3.49. The summed E-state index contributed by atoms with van der Waals surface area (Å²) in [5.41, 5.74) is 0.662. The van der Waals surface area contributed by atoms with Gasteiger partial charge in [-0.25, -0.2) is 9.18 Å². The first-order chi connectivity index (χ1) is 13.1. The van der Waals surface area contributed by atoms with E-state index in [1.807, 2.05) is 6.07 Å². The van der Waals surface area contributed by atoms with Gasteiger partial charge < -0.3 is 19.9 Å². The molecule has 7 heteroatoms. The maximum atomic E-state index is 13.9. The zero-order valence-corrected chi connectivity index (χ0v) is 15.9. The van der Waals surface area contributed by atoms with E-state index in [4.69, 9.17) is 4.74 Å². The predicted octanol–water partition coefficient (Wildman–Crippen LogP) is 1.11. The van der Waals surface area contributed by atoms with Crippen LogP contribution in [-0.4, -0.2) is 55.2 Å². The highest BCUT2D eigenvalue weighted by Gasteiger charge is 2.35. The number of nitrogens with zero attached hydrogens (tertiary/aromatic N) is 1. The minimum atomic E-state index is -0.281. The van der Waals surface area contributed by atoms with E-state index in [1.165, 1.54) is 6.07 Å². The molecule has 2 amide bonds. The lowest BCUT2D eigenvalue weighted by molar-refractivity contribution is -0.917. The van der Waals surface area contributed by atoms with Crippen LogP contribution in [0, 0.1) is 5.82 Å². The molecule has 1 aromatic rings. The summed E-state index contributed by atoms with van der Waals surface area (Å²) in [6, 6.07) is 7.31. The molecule has 1 aliphatic carbocycles. The van der Waals surface area contributed by atoms with Gasteiger partial charge in [0.2, 0.25) is 0 Å². The molecule has 1 unspecified atom stereocenters. The van der Waals surface area contributed by atoms with Crippen molar-refractivity contribution in [3.8, 4) is 0 Å². The Kier molecular flexibility index (Phi) is 6.66. The van der Waals surface area contributed by atoms with Crippen molar-refractivity contribution in [1.82, 2.24) is 10.2 Å². The van der Waals surface area contributed by atoms with E-state index in [-0.39, 0.29) is 23.9 Å². The molecule has 1 aliphatic heterocycles. The fraction of sp³-hybridized carbons (Fsp3) is 0.600. The minimum absolute atomic E-state index is 0.00261. The van der Waals surface area contributed by atoms with Crippen molar-refractivity contribution in [2.24, 2.45) is 0 Å². The lowest BCUT2D eigenvalue weighted by Gasteiger charge is -2.31. The third-order valence-electron chi connectivity index (χ3n) is 5.30. The quantitative estimate of drug-likeness (QED) is 0.747. The largest absolute Gasteiger partial charge is 0.450 e. The van der Waals surface area contributed by atoms with E-state index in [0.29, 0.717) is 44.4 Å². The fourth-order valence-electron chi connectivity index (χ4n) is 3.64. The second-order valence-corrected chi connectivity index (χ2v) is 7.41. The van der Waals surface area contributed by atoms with Crippen LogP contribution in [0.4, 0.5) is 9.18 Å². The summed E-state index contributed by atoms with van der Waals surface area (Å²) >= 11 is 0. The topological polar surface area (TPSA) is 63.1 Å². The number of ether oxygens (including phenoxy) is 1. The maximum Gasteiger partial charge on any atom is 0.409 e. The standard InChI is InChI=1S/C20H28FN3O3/c1-2-27-20(26)23-11-9-16(10-12-23)22-19(25)14-24(17-7-8-17)13-15-5-3-4-6-18(15)21/h3-6,16-17H,2,7-14H2,1H3,(H,22,25)/p+1. The van der Waals surface area contributed by atoms with Gasteiger partial charge in [0.15, 0.2) is 6.54 Å². The highest BCUT2D eigenvalue weighted by atomic mass is 19.1. The number of amides is 2. The molecule has 3 rings (SSSR count). The molecule has 1 atom stereocenters. The predicted molar refractivity (Wildman–Crippen MR) is 98.7 cm³/mol. The number of carbonyl (C=O) groups excluding carboxylic acids is 2. The van der Waals surface area contributed by atoms with E-state index in [1.54, 1.807) is 24.0 Å². The monoisotopic (exact) mass is 378 g/mol. The van der Waals surface area contributed by atoms with E-state index in [0.717, 1.165) is 30.6 Å². The number of likely N-dealkylation sites (tertiary alicyclic amines) is 1. The third kappa shape index (κ3) is 5.66. The summed E-state index contributed by atoms with van der Waals surface area (Å²) in [5, 5.41) is 3.09. The van der Waals surface area contributed by atoms with E-state index >= 15 is 0 Å². The van der Waals surface area contributed by atoms with Gasteiger partial charge in [-0.15, -0.1) is 0 Å². The maximum absolute atomic E-state index is 13.9. The average molecular weight is 378 g/mol. The van der Waals surface area contributed by atoms with Crippen LogP contribution in [0.25, 0.3) is 0 Å². The Labute approximate surface area is 159 Å². The van der Waals surface area contributed by atoms with Crippen molar-refractivity contribution in [3.05, 3.63) is 35.6 Å². The SMILES string of the molecule is CCOC(=O)N1CCC(NC(=O)C[NH+](Cc2ccccc2F)C2CC2)CC1. The van der Waals surface area contributed by atoms with Crippen LogP contribution >= 0.6 is 0 Å². The number of benzene rings is 1. The van der Waals surface area contributed by atoms with Gasteiger partial charge in [0, 0.05) is 37.5 Å². The van der Waals surface area contributed by atoms with Crippen molar-refractivity contribution < 1.29 is 23.6 Å². The zero-order chi connectivity index (χ0) is 19.2. The van der Waals surface area contributed by atoms with Crippen molar-refractivity contribution in [2.75, 3.05) is 26.2 Å². The molecule has 0 spiro atoms. The molecule has 2 N–H and O–H groups in total. The fourth-order valence-corrected chi connectivity index (χ4v) is 3.64. The molecule has 1 saturated carbocycles. The second kappa shape index (κ2) is 9.17. The number of quaternary nitrogens is 1. The van der Waals surface area contributed by atoms with Gasteiger partial charge in [-0.05, 0) is 25.8 Å². The van der Waals surface area contributed by atoms with Crippen molar-refractivity contribution in [1.29, 1.82) is 0 Å². The Balaban J connectivity index is 1.46. The summed E-state index contributed by atoms with van der Waals surface area (Å²) in [7, 11) is 0. The minimum Gasteiger partial charge on any atom is -0.450 e. The Morgan fingerprint density at radius 1 is 1.22 bits per heavy atom. The number of hydrogen-bond donors (Lipinski definition) is 2. The summed E-state index contributed by atoms with van der Waals surface area (Å²) in [6.45, 7) is 4.25. The molecule has 148 valence electrons. The molecular formula is C20H29FN3O3+. The first-order valence-corrected chi connectivity index (χ1v) is 9.86. The first-order valence-electron chi connectivity index (χ1n) is 9.86.